The van der Waals surface area contributed by atoms with Gasteiger partial charge in [0.25, 0.3) is 0 Å². The van der Waals surface area contributed by atoms with E-state index in [0.717, 1.165) is 24.3 Å². The van der Waals surface area contributed by atoms with Crippen LogP contribution in [0.15, 0.2) is 42.5 Å². The van der Waals surface area contributed by atoms with Crippen LogP contribution in [0.25, 0.3) is 0 Å². The van der Waals surface area contributed by atoms with E-state index in [-0.39, 0.29) is 18.0 Å². The zero-order valence-corrected chi connectivity index (χ0v) is 12.4. The van der Waals surface area contributed by atoms with Gasteiger partial charge in [-0.1, -0.05) is 37.3 Å². The summed E-state index contributed by atoms with van der Waals surface area (Å²) < 4.78 is 19.9. The maximum Gasteiger partial charge on any atom is 0.126 e. The molecule has 2 nitrogen and oxygen atoms in total. The fourth-order valence-corrected chi connectivity index (χ4v) is 2.88. The van der Waals surface area contributed by atoms with Crippen LogP contribution in [-0.2, 0) is 6.42 Å². The van der Waals surface area contributed by atoms with Crippen molar-refractivity contribution >= 4 is 0 Å². The minimum absolute atomic E-state index is 0.00231. The van der Waals surface area contributed by atoms with Crippen LogP contribution in [0, 0.1) is 12.7 Å². The van der Waals surface area contributed by atoms with Gasteiger partial charge in [0.05, 0.1) is 6.04 Å². The van der Waals surface area contributed by atoms with Gasteiger partial charge in [-0.15, -0.1) is 0 Å². The minimum Gasteiger partial charge on any atom is -0.488 e. The Balaban J connectivity index is 1.87. The Morgan fingerprint density at radius 2 is 2.10 bits per heavy atom. The third-order valence-corrected chi connectivity index (χ3v) is 4.02. The van der Waals surface area contributed by atoms with E-state index in [1.165, 1.54) is 5.56 Å². The monoisotopic (exact) mass is 285 g/mol. The molecule has 21 heavy (non-hydrogen) atoms. The average molecular weight is 285 g/mol. The van der Waals surface area contributed by atoms with Crippen molar-refractivity contribution in [2.45, 2.75) is 32.4 Å². The molecule has 2 aromatic rings. The first kappa shape index (κ1) is 14.1. The predicted octanol–water partition coefficient (Wildman–Crippen LogP) is 3.79. The van der Waals surface area contributed by atoms with Gasteiger partial charge >= 0.3 is 0 Å². The summed E-state index contributed by atoms with van der Waals surface area (Å²) >= 11 is 0. The summed E-state index contributed by atoms with van der Waals surface area (Å²) in [4.78, 5) is 0. The second-order valence-corrected chi connectivity index (χ2v) is 5.51. The fourth-order valence-electron chi connectivity index (χ4n) is 2.88. The Morgan fingerprint density at radius 3 is 2.81 bits per heavy atom. The van der Waals surface area contributed by atoms with E-state index in [1.807, 2.05) is 30.3 Å². The van der Waals surface area contributed by atoms with Gasteiger partial charge < -0.3 is 10.1 Å². The van der Waals surface area contributed by atoms with Crippen LogP contribution in [0.3, 0.4) is 0 Å². The Kier molecular flexibility index (Phi) is 3.93. The van der Waals surface area contributed by atoms with Gasteiger partial charge in [-0.25, -0.2) is 4.39 Å². The van der Waals surface area contributed by atoms with E-state index in [1.54, 1.807) is 13.0 Å². The first-order valence-corrected chi connectivity index (χ1v) is 7.43. The molecule has 1 aliphatic rings. The third kappa shape index (κ3) is 2.79. The molecule has 0 bridgehead atoms. The molecule has 0 saturated carbocycles. The lowest BCUT2D eigenvalue weighted by atomic mass is 9.96. The van der Waals surface area contributed by atoms with Gasteiger partial charge in [-0.05, 0) is 42.3 Å². The highest BCUT2D eigenvalue weighted by Crippen LogP contribution is 2.34. The highest BCUT2D eigenvalue weighted by atomic mass is 19.1. The number of ether oxygens (including phenoxy) is 1. The average Bonchev–Trinajstić information content (AvgIpc) is 2.91. The quantitative estimate of drug-likeness (QED) is 0.923. The molecule has 0 fully saturated rings. The lowest BCUT2D eigenvalue weighted by molar-refractivity contribution is 0.179. The van der Waals surface area contributed by atoms with Crippen molar-refractivity contribution in [1.29, 1.82) is 0 Å². The molecule has 0 aromatic heterocycles. The summed E-state index contributed by atoms with van der Waals surface area (Å²) in [5.74, 6) is 0.781. The number of likely N-dealkylation sites (N-methyl/N-ethyl adjacent to an activating group) is 1. The van der Waals surface area contributed by atoms with Crippen molar-refractivity contribution in [2.75, 3.05) is 6.54 Å². The topological polar surface area (TPSA) is 21.3 Å². The van der Waals surface area contributed by atoms with Gasteiger partial charge in [-0.3, -0.25) is 0 Å². The molecule has 0 saturated heterocycles. The van der Waals surface area contributed by atoms with Crippen molar-refractivity contribution in [3.63, 3.8) is 0 Å². The van der Waals surface area contributed by atoms with Crippen molar-refractivity contribution in [2.24, 2.45) is 0 Å². The SMILES string of the molecule is CCNC(c1ccc(C)c(F)c1)C1Cc2ccccc2O1. The number of hydrogen-bond donors (Lipinski definition) is 1. The Morgan fingerprint density at radius 1 is 1.29 bits per heavy atom. The first-order valence-electron chi connectivity index (χ1n) is 7.43. The highest BCUT2D eigenvalue weighted by molar-refractivity contribution is 5.39. The summed E-state index contributed by atoms with van der Waals surface area (Å²) in [6.45, 7) is 4.65. The van der Waals surface area contributed by atoms with Crippen LogP contribution < -0.4 is 10.1 Å². The molecule has 2 atom stereocenters. The summed E-state index contributed by atoms with van der Waals surface area (Å²) in [7, 11) is 0. The number of nitrogens with one attached hydrogen (secondary N) is 1. The second-order valence-electron chi connectivity index (χ2n) is 5.51. The molecule has 2 unspecified atom stereocenters. The standard InChI is InChI=1S/C18H20FNO/c1-3-20-18(14-9-8-12(2)15(19)10-14)17-11-13-6-4-5-7-16(13)21-17/h4-10,17-18,20H,3,11H2,1-2H3. The lowest BCUT2D eigenvalue weighted by Crippen LogP contribution is -2.35. The van der Waals surface area contributed by atoms with E-state index >= 15 is 0 Å². The van der Waals surface area contributed by atoms with E-state index in [9.17, 15) is 4.39 Å². The zero-order chi connectivity index (χ0) is 14.8. The molecule has 1 heterocycles. The molecular weight excluding hydrogens is 265 g/mol. The van der Waals surface area contributed by atoms with Crippen LogP contribution in [0.1, 0.15) is 29.7 Å². The van der Waals surface area contributed by atoms with Crippen LogP contribution in [0.5, 0.6) is 5.75 Å². The minimum atomic E-state index is -0.161. The molecule has 3 rings (SSSR count). The number of halogens is 1. The zero-order valence-electron chi connectivity index (χ0n) is 12.4. The van der Waals surface area contributed by atoms with E-state index in [0.29, 0.717) is 5.56 Å². The number of hydrogen-bond acceptors (Lipinski definition) is 2. The normalized spacial score (nSPS) is 18.1. The molecule has 3 heteroatoms. The van der Waals surface area contributed by atoms with Crippen molar-refractivity contribution in [3.05, 3.63) is 65.0 Å². The van der Waals surface area contributed by atoms with Crippen LogP contribution in [0.2, 0.25) is 0 Å². The molecule has 0 amide bonds. The van der Waals surface area contributed by atoms with Crippen molar-refractivity contribution in [3.8, 4) is 5.75 Å². The first-order chi connectivity index (χ1) is 10.2. The fraction of sp³-hybridized carbons (Fsp3) is 0.333. The van der Waals surface area contributed by atoms with Crippen LogP contribution in [0.4, 0.5) is 4.39 Å². The van der Waals surface area contributed by atoms with E-state index in [2.05, 4.69) is 18.3 Å². The van der Waals surface area contributed by atoms with E-state index < -0.39 is 0 Å². The number of rotatable bonds is 4. The lowest BCUT2D eigenvalue weighted by Gasteiger charge is -2.25. The van der Waals surface area contributed by atoms with E-state index in [4.69, 9.17) is 4.74 Å². The molecule has 2 aromatic carbocycles. The number of benzene rings is 2. The maximum absolute atomic E-state index is 13.9. The summed E-state index contributed by atoms with van der Waals surface area (Å²) in [6, 6.07) is 13.5. The van der Waals surface area contributed by atoms with Crippen molar-refractivity contribution < 1.29 is 9.13 Å². The summed E-state index contributed by atoms with van der Waals surface area (Å²) in [5, 5.41) is 3.43. The molecule has 0 radical (unpaired) electrons. The largest absolute Gasteiger partial charge is 0.488 e. The second kappa shape index (κ2) is 5.86. The van der Waals surface area contributed by atoms with Crippen LogP contribution >= 0.6 is 0 Å². The summed E-state index contributed by atoms with van der Waals surface area (Å²) in [5.41, 5.74) is 2.83. The molecule has 1 N–H and O–H groups in total. The van der Waals surface area contributed by atoms with Gasteiger partial charge in [-0.2, -0.15) is 0 Å². The highest BCUT2D eigenvalue weighted by Gasteiger charge is 2.31. The number of para-hydroxylation sites is 1. The maximum atomic E-state index is 13.9. The smallest absolute Gasteiger partial charge is 0.126 e. The number of fused-ring (bicyclic) bond motifs is 1. The predicted molar refractivity (Wildman–Crippen MR) is 82.1 cm³/mol. The Hall–Kier alpha value is -1.87. The van der Waals surface area contributed by atoms with Gasteiger partial charge in [0.2, 0.25) is 0 Å². The molecular formula is C18H20FNO. The summed E-state index contributed by atoms with van der Waals surface area (Å²) in [6.07, 6.45) is 0.855. The third-order valence-electron chi connectivity index (χ3n) is 4.02. The molecule has 0 spiro atoms. The van der Waals surface area contributed by atoms with Gasteiger partial charge in [0, 0.05) is 6.42 Å². The molecule has 110 valence electrons. The van der Waals surface area contributed by atoms with Crippen molar-refractivity contribution in [1.82, 2.24) is 5.32 Å². The Bertz CT molecular complexity index is 616. The molecule has 1 aliphatic heterocycles. The van der Waals surface area contributed by atoms with Crippen LogP contribution in [-0.4, -0.2) is 12.6 Å². The van der Waals surface area contributed by atoms with Gasteiger partial charge in [0.1, 0.15) is 17.7 Å². The Labute approximate surface area is 125 Å². The van der Waals surface area contributed by atoms with Gasteiger partial charge in [0.15, 0.2) is 0 Å². The molecule has 0 aliphatic carbocycles. The number of aryl methyl sites for hydroxylation is 1.